The Bertz CT molecular complexity index is 310. The summed E-state index contributed by atoms with van der Waals surface area (Å²) in [5.74, 6) is 2.42. The van der Waals surface area contributed by atoms with Crippen LogP contribution in [-0.4, -0.2) is 23.1 Å². The standard InChI is InChI=1S/C12H22N4/c1-5-10(6-2)9(3)16-12-7-11(13-4)14-8-15-12/h7-10H,5-6H2,1-4H3,(H2,13,14,15,16). The van der Waals surface area contributed by atoms with Crippen molar-refractivity contribution in [1.82, 2.24) is 9.97 Å². The van der Waals surface area contributed by atoms with Crippen LogP contribution in [0, 0.1) is 5.92 Å². The first-order valence-electron chi connectivity index (χ1n) is 5.97. The van der Waals surface area contributed by atoms with E-state index < -0.39 is 0 Å². The van der Waals surface area contributed by atoms with E-state index >= 15 is 0 Å². The van der Waals surface area contributed by atoms with Crippen molar-refractivity contribution < 1.29 is 0 Å². The van der Waals surface area contributed by atoms with Crippen molar-refractivity contribution in [3.05, 3.63) is 12.4 Å². The normalized spacial score (nSPS) is 12.6. The van der Waals surface area contributed by atoms with Gasteiger partial charge in [-0.1, -0.05) is 26.7 Å². The molecule has 4 nitrogen and oxygen atoms in total. The molecule has 2 N–H and O–H groups in total. The maximum absolute atomic E-state index is 4.22. The lowest BCUT2D eigenvalue weighted by Gasteiger charge is -2.23. The number of rotatable bonds is 6. The van der Waals surface area contributed by atoms with Gasteiger partial charge in [0.15, 0.2) is 0 Å². The van der Waals surface area contributed by atoms with Gasteiger partial charge < -0.3 is 10.6 Å². The molecule has 0 amide bonds. The Hall–Kier alpha value is -1.32. The summed E-state index contributed by atoms with van der Waals surface area (Å²) in [5.41, 5.74) is 0. The van der Waals surface area contributed by atoms with Crippen LogP contribution in [0.5, 0.6) is 0 Å². The number of aromatic nitrogens is 2. The molecule has 1 heterocycles. The van der Waals surface area contributed by atoms with Gasteiger partial charge in [-0.2, -0.15) is 0 Å². The Morgan fingerprint density at radius 3 is 2.38 bits per heavy atom. The summed E-state index contributed by atoms with van der Waals surface area (Å²) in [6.45, 7) is 6.66. The fraction of sp³-hybridized carbons (Fsp3) is 0.667. The topological polar surface area (TPSA) is 49.8 Å². The summed E-state index contributed by atoms with van der Waals surface area (Å²) in [7, 11) is 1.86. The first-order valence-corrected chi connectivity index (χ1v) is 5.97. The van der Waals surface area contributed by atoms with Gasteiger partial charge in [0, 0.05) is 19.2 Å². The van der Waals surface area contributed by atoms with E-state index in [1.54, 1.807) is 6.33 Å². The van der Waals surface area contributed by atoms with E-state index in [1.807, 2.05) is 13.1 Å². The van der Waals surface area contributed by atoms with Crippen molar-refractivity contribution in [3.63, 3.8) is 0 Å². The van der Waals surface area contributed by atoms with E-state index in [0.717, 1.165) is 11.6 Å². The average molecular weight is 222 g/mol. The summed E-state index contributed by atoms with van der Waals surface area (Å²) >= 11 is 0. The van der Waals surface area contributed by atoms with Crippen LogP contribution in [0.2, 0.25) is 0 Å². The highest BCUT2D eigenvalue weighted by Crippen LogP contribution is 2.17. The second-order valence-electron chi connectivity index (χ2n) is 4.05. The number of anilines is 2. The second-order valence-corrected chi connectivity index (χ2v) is 4.05. The van der Waals surface area contributed by atoms with Crippen LogP contribution in [0.1, 0.15) is 33.6 Å². The highest BCUT2D eigenvalue weighted by Gasteiger charge is 2.13. The number of hydrogen-bond donors (Lipinski definition) is 2. The lowest BCUT2D eigenvalue weighted by atomic mass is 9.95. The Balaban J connectivity index is 2.64. The van der Waals surface area contributed by atoms with E-state index in [4.69, 9.17) is 0 Å². The van der Waals surface area contributed by atoms with Gasteiger partial charge in [0.2, 0.25) is 0 Å². The largest absolute Gasteiger partial charge is 0.373 e. The van der Waals surface area contributed by atoms with Crippen LogP contribution in [-0.2, 0) is 0 Å². The van der Waals surface area contributed by atoms with Crippen LogP contribution < -0.4 is 10.6 Å². The Morgan fingerprint density at radius 1 is 1.19 bits per heavy atom. The third-order valence-corrected chi connectivity index (χ3v) is 3.05. The molecule has 0 spiro atoms. The van der Waals surface area contributed by atoms with Crippen molar-refractivity contribution >= 4 is 11.6 Å². The Morgan fingerprint density at radius 2 is 1.81 bits per heavy atom. The molecule has 16 heavy (non-hydrogen) atoms. The predicted molar refractivity (Wildman–Crippen MR) is 68.7 cm³/mol. The van der Waals surface area contributed by atoms with Gasteiger partial charge >= 0.3 is 0 Å². The lowest BCUT2D eigenvalue weighted by Crippen LogP contribution is -2.25. The number of hydrogen-bond acceptors (Lipinski definition) is 4. The molecule has 0 aliphatic heterocycles. The van der Waals surface area contributed by atoms with Gasteiger partial charge in [0.25, 0.3) is 0 Å². The molecule has 0 saturated carbocycles. The van der Waals surface area contributed by atoms with Crippen molar-refractivity contribution in [2.24, 2.45) is 5.92 Å². The minimum absolute atomic E-state index is 0.439. The van der Waals surface area contributed by atoms with E-state index in [9.17, 15) is 0 Å². The molecule has 1 unspecified atom stereocenters. The third-order valence-electron chi connectivity index (χ3n) is 3.05. The first kappa shape index (κ1) is 12.7. The van der Waals surface area contributed by atoms with Crippen LogP contribution in [0.4, 0.5) is 11.6 Å². The molecule has 90 valence electrons. The molecule has 1 aromatic heterocycles. The van der Waals surface area contributed by atoms with Crippen LogP contribution in [0.15, 0.2) is 12.4 Å². The second kappa shape index (κ2) is 6.30. The van der Waals surface area contributed by atoms with E-state index in [1.165, 1.54) is 12.8 Å². The van der Waals surface area contributed by atoms with Gasteiger partial charge in [0.1, 0.15) is 18.0 Å². The highest BCUT2D eigenvalue weighted by atomic mass is 15.1. The highest BCUT2D eigenvalue weighted by molar-refractivity contribution is 5.46. The molecule has 0 aliphatic carbocycles. The van der Waals surface area contributed by atoms with Crippen LogP contribution in [0.25, 0.3) is 0 Å². The van der Waals surface area contributed by atoms with Crippen LogP contribution >= 0.6 is 0 Å². The van der Waals surface area contributed by atoms with Crippen LogP contribution in [0.3, 0.4) is 0 Å². The zero-order chi connectivity index (χ0) is 12.0. The average Bonchev–Trinajstić information content (AvgIpc) is 2.31. The maximum Gasteiger partial charge on any atom is 0.131 e. The minimum atomic E-state index is 0.439. The van der Waals surface area contributed by atoms with E-state index in [-0.39, 0.29) is 0 Å². The number of nitrogens with one attached hydrogen (secondary N) is 2. The van der Waals surface area contributed by atoms with Gasteiger partial charge in [0.05, 0.1) is 0 Å². The number of nitrogens with zero attached hydrogens (tertiary/aromatic N) is 2. The zero-order valence-electron chi connectivity index (χ0n) is 10.6. The summed E-state index contributed by atoms with van der Waals surface area (Å²) in [5, 5.41) is 6.43. The fourth-order valence-electron chi connectivity index (χ4n) is 1.92. The zero-order valence-corrected chi connectivity index (χ0v) is 10.6. The SMILES string of the molecule is CCC(CC)C(C)Nc1cc(NC)ncn1. The summed E-state index contributed by atoms with van der Waals surface area (Å²) in [6, 6.07) is 2.37. The van der Waals surface area contributed by atoms with Crippen molar-refractivity contribution in [3.8, 4) is 0 Å². The third kappa shape index (κ3) is 3.36. The maximum atomic E-state index is 4.22. The lowest BCUT2D eigenvalue weighted by molar-refractivity contribution is 0.437. The smallest absolute Gasteiger partial charge is 0.131 e. The molecule has 0 radical (unpaired) electrons. The monoisotopic (exact) mass is 222 g/mol. The van der Waals surface area contributed by atoms with Crippen molar-refractivity contribution in [2.45, 2.75) is 39.7 Å². The first-order chi connectivity index (χ1) is 7.71. The molecule has 0 saturated heterocycles. The molecule has 0 aliphatic rings. The molecule has 1 atom stereocenters. The van der Waals surface area contributed by atoms with E-state index in [0.29, 0.717) is 12.0 Å². The molecule has 1 rings (SSSR count). The molecule has 0 bridgehead atoms. The van der Waals surface area contributed by atoms with Gasteiger partial charge in [-0.05, 0) is 12.8 Å². The summed E-state index contributed by atoms with van der Waals surface area (Å²) < 4.78 is 0. The molecule has 0 aromatic carbocycles. The molecule has 1 aromatic rings. The molecular weight excluding hydrogens is 200 g/mol. The van der Waals surface area contributed by atoms with Gasteiger partial charge in [-0.3, -0.25) is 0 Å². The van der Waals surface area contributed by atoms with Crippen molar-refractivity contribution in [2.75, 3.05) is 17.7 Å². The fourth-order valence-corrected chi connectivity index (χ4v) is 1.92. The molecular formula is C12H22N4. The minimum Gasteiger partial charge on any atom is -0.373 e. The van der Waals surface area contributed by atoms with E-state index in [2.05, 4.69) is 41.4 Å². The Labute approximate surface area is 97.9 Å². The van der Waals surface area contributed by atoms with Gasteiger partial charge in [-0.25, -0.2) is 9.97 Å². The quantitative estimate of drug-likeness (QED) is 0.777. The molecule has 4 heteroatoms. The summed E-state index contributed by atoms with van der Waals surface area (Å²) in [4.78, 5) is 8.30. The molecule has 0 fully saturated rings. The predicted octanol–water partition coefficient (Wildman–Crippen LogP) is 2.75. The van der Waals surface area contributed by atoms with Gasteiger partial charge in [-0.15, -0.1) is 0 Å². The van der Waals surface area contributed by atoms with Crippen molar-refractivity contribution in [1.29, 1.82) is 0 Å². The Kier molecular flexibility index (Phi) is 5.02. The summed E-state index contributed by atoms with van der Waals surface area (Å²) in [6.07, 6.45) is 3.96.